The van der Waals surface area contributed by atoms with Crippen LogP contribution < -0.4 is 18.9 Å². The number of benzene rings is 1. The number of hydrogen-bond donors (Lipinski definition) is 0. The van der Waals surface area contributed by atoms with Crippen molar-refractivity contribution in [2.24, 2.45) is 5.92 Å². The average molecular weight is 270 g/mol. The first kappa shape index (κ1) is 18.9. The molecule has 0 saturated carbocycles. The Kier molecular flexibility index (Phi) is 7.05. The largest absolute Gasteiger partial charge is 1.00 e. The molecule has 19 heavy (non-hydrogen) atoms. The Hall–Kier alpha value is -0.0826. The van der Waals surface area contributed by atoms with Gasteiger partial charge in [-0.15, -0.1) is 5.66 Å². The van der Waals surface area contributed by atoms with Gasteiger partial charge in [0.15, 0.2) is 0 Å². The summed E-state index contributed by atoms with van der Waals surface area (Å²) in [4.78, 5) is 12.3. The van der Waals surface area contributed by atoms with Crippen LogP contribution in [-0.2, 0) is 5.41 Å². The molecule has 1 aromatic rings. The molecule has 100 valence electrons. The molecule has 0 aliphatic heterocycles. The van der Waals surface area contributed by atoms with E-state index in [1.807, 2.05) is 13.0 Å². The van der Waals surface area contributed by atoms with Crippen LogP contribution in [-0.4, -0.2) is 11.4 Å². The molecular weight excluding hydrogens is 246 g/mol. The van der Waals surface area contributed by atoms with Crippen LogP contribution in [0, 0.1) is 12.8 Å². The van der Waals surface area contributed by atoms with E-state index in [4.69, 9.17) is 0 Å². The number of ketones is 1. The smallest absolute Gasteiger partial charge is 0.546 e. The third kappa shape index (κ3) is 4.75. The number of Topliss-reactive ketones (excluding diaryl/α,β-unsaturated/α-hetero) is 1. The summed E-state index contributed by atoms with van der Waals surface area (Å²) in [5, 5.41) is 0. The van der Waals surface area contributed by atoms with Gasteiger partial charge in [-0.2, -0.15) is 0 Å². The predicted octanol–water partition coefficient (Wildman–Crippen LogP) is 1.65. The molecule has 1 atom stereocenters. The monoisotopic (exact) mass is 270 g/mol. The van der Waals surface area contributed by atoms with Crippen molar-refractivity contribution >= 4 is 15.0 Å². The molecule has 0 fully saturated rings. The topological polar surface area (TPSA) is 17.1 Å². The summed E-state index contributed by atoms with van der Waals surface area (Å²) < 4.78 is 0. The molecule has 0 aliphatic rings. The van der Waals surface area contributed by atoms with Crippen LogP contribution in [0.15, 0.2) is 18.2 Å². The summed E-state index contributed by atoms with van der Waals surface area (Å²) in [5.41, 5.74) is 3.18. The number of carbonyl (C=O) groups is 1. The minimum absolute atomic E-state index is 0. The minimum Gasteiger partial charge on any atom is -0.546 e. The van der Waals surface area contributed by atoms with Crippen molar-refractivity contribution in [1.29, 1.82) is 0 Å². The molecule has 1 unspecified atom stereocenters. The van der Waals surface area contributed by atoms with Crippen molar-refractivity contribution in [2.75, 3.05) is 0 Å². The Morgan fingerprint density at radius 2 is 1.74 bits per heavy atom. The van der Waals surface area contributed by atoms with Crippen LogP contribution in [0.2, 0.25) is 0 Å². The summed E-state index contributed by atoms with van der Waals surface area (Å²) in [6, 6.07) is 6.17. The summed E-state index contributed by atoms with van der Waals surface area (Å²) in [6.45, 7) is 12.7. The molecule has 0 aliphatic carbocycles. The van der Waals surface area contributed by atoms with Crippen LogP contribution in [0.1, 0.15) is 56.1 Å². The van der Waals surface area contributed by atoms with Crippen molar-refractivity contribution in [2.45, 2.75) is 52.6 Å². The van der Waals surface area contributed by atoms with Crippen molar-refractivity contribution in [1.82, 2.24) is 0 Å². The molecule has 0 saturated heterocycles. The zero-order chi connectivity index (χ0) is 14.1. The molecule has 0 radical (unpaired) electrons. The van der Waals surface area contributed by atoms with E-state index in [1.165, 1.54) is 5.56 Å². The second-order valence-electron chi connectivity index (χ2n) is 6.37. The molecule has 1 nitrogen and oxygen atoms in total. The number of carbonyl (C=O) groups excluding carboxylic acids is 1. The van der Waals surface area contributed by atoms with Crippen LogP contribution >= 0.6 is 9.24 Å². The van der Waals surface area contributed by atoms with Crippen LogP contribution in [0.5, 0.6) is 0 Å². The molecule has 3 heteroatoms. The maximum absolute atomic E-state index is 12.3. The molecule has 0 N–H and O–H groups in total. The average Bonchev–Trinajstić information content (AvgIpc) is 2.25. The quantitative estimate of drug-likeness (QED) is 0.464. The fourth-order valence-corrected chi connectivity index (χ4v) is 2.03. The third-order valence-corrected chi connectivity index (χ3v) is 4.24. The fraction of sp³-hybridized carbons (Fsp3) is 0.562. The van der Waals surface area contributed by atoms with Gasteiger partial charge in [-0.3, -0.25) is 4.79 Å². The van der Waals surface area contributed by atoms with Crippen molar-refractivity contribution in [3.63, 3.8) is 0 Å². The molecule has 0 aromatic heterocycles. The summed E-state index contributed by atoms with van der Waals surface area (Å²) in [5.74, 6) is 0.482. The van der Waals surface area contributed by atoms with E-state index >= 15 is 0 Å². The molecule has 1 aromatic carbocycles. The Morgan fingerprint density at radius 3 is 2.11 bits per heavy atom. The van der Waals surface area contributed by atoms with Gasteiger partial charge >= 0.3 is 18.9 Å². The molecule has 1 rings (SSSR count). The van der Waals surface area contributed by atoms with Gasteiger partial charge in [-0.25, -0.2) is 0 Å². The predicted molar refractivity (Wildman–Crippen MR) is 81.2 cm³/mol. The van der Waals surface area contributed by atoms with Gasteiger partial charge in [0.25, 0.3) is 0 Å². The van der Waals surface area contributed by atoms with E-state index in [0.717, 1.165) is 11.1 Å². The van der Waals surface area contributed by atoms with Crippen molar-refractivity contribution < 1.29 is 23.7 Å². The molecule has 0 bridgehead atoms. The summed E-state index contributed by atoms with van der Waals surface area (Å²) in [6.07, 6.45) is 0. The second kappa shape index (κ2) is 7.08. The van der Waals surface area contributed by atoms with Gasteiger partial charge in [-0.05, 0) is 23.5 Å². The van der Waals surface area contributed by atoms with Crippen LogP contribution in [0.25, 0.3) is 0 Å². The maximum atomic E-state index is 12.3. The third-order valence-electron chi connectivity index (χ3n) is 3.31. The van der Waals surface area contributed by atoms with E-state index in [0.29, 0.717) is 5.92 Å². The fourth-order valence-electron chi connectivity index (χ4n) is 1.88. The van der Waals surface area contributed by atoms with E-state index in [-0.39, 0.29) is 35.7 Å². The van der Waals surface area contributed by atoms with Crippen LogP contribution in [0.4, 0.5) is 0 Å². The molecule has 0 amide bonds. The zero-order valence-corrected chi connectivity index (χ0v) is 14.3. The van der Waals surface area contributed by atoms with Gasteiger partial charge in [0.2, 0.25) is 0 Å². The first-order chi connectivity index (χ1) is 8.14. The Labute approximate surface area is 132 Å². The minimum atomic E-state index is -0.107. The Morgan fingerprint density at radius 1 is 1.21 bits per heavy atom. The molecular formula is C16H24LiOP. The molecule has 0 heterocycles. The van der Waals surface area contributed by atoms with E-state index in [1.54, 1.807) is 0 Å². The second-order valence-corrected chi connectivity index (χ2v) is 6.99. The summed E-state index contributed by atoms with van der Waals surface area (Å²) >= 11 is 0. The molecule has 0 spiro atoms. The van der Waals surface area contributed by atoms with E-state index in [9.17, 15) is 4.79 Å². The van der Waals surface area contributed by atoms with Gasteiger partial charge < -0.3 is 9.24 Å². The van der Waals surface area contributed by atoms with Gasteiger partial charge in [0.05, 0.1) is 0 Å². The first-order valence-corrected chi connectivity index (χ1v) is 7.08. The Bertz CT molecular complexity index is 447. The number of rotatable bonds is 3. The van der Waals surface area contributed by atoms with Crippen LogP contribution in [0.3, 0.4) is 0 Å². The summed E-state index contributed by atoms with van der Waals surface area (Å²) in [7, 11) is 3.54. The van der Waals surface area contributed by atoms with E-state index < -0.39 is 0 Å². The van der Waals surface area contributed by atoms with E-state index in [2.05, 4.69) is 56.0 Å². The van der Waals surface area contributed by atoms with Crippen molar-refractivity contribution in [3.05, 3.63) is 34.9 Å². The Balaban J connectivity index is 0.00000324. The van der Waals surface area contributed by atoms with Gasteiger partial charge in [-0.1, -0.05) is 58.7 Å². The first-order valence-electron chi connectivity index (χ1n) is 6.51. The number of aryl methyl sites for hydroxylation is 1. The standard InChI is InChI=1S/C16H24OP.Li/c1-10(2)15(18)14(17)13-8-7-12(9-11(13)3)16(4,5)6;/h7-10,15,18H,1-6H3;/q-1;+1. The zero-order valence-electron chi connectivity index (χ0n) is 13.3. The van der Waals surface area contributed by atoms with Gasteiger partial charge in [0.1, 0.15) is 5.78 Å². The number of hydrogen-bond acceptors (Lipinski definition) is 1. The maximum Gasteiger partial charge on any atom is 1.00 e. The SMILES string of the molecule is Cc1cc(C(C)(C)C)ccc1C(=O)C([PH-])C(C)C.[Li+]. The van der Waals surface area contributed by atoms with Gasteiger partial charge in [0, 0.05) is 5.56 Å². The van der Waals surface area contributed by atoms with Crippen molar-refractivity contribution in [3.8, 4) is 0 Å². The normalized spacial score (nSPS) is 13.1.